The number of aromatic nitrogens is 3. The Morgan fingerprint density at radius 1 is 1.38 bits per heavy atom. The maximum Gasteiger partial charge on any atom is 0.192 e. The first-order valence-corrected chi connectivity index (χ1v) is 7.98. The number of hydrogen-bond donors (Lipinski definition) is 2. The normalized spacial score (nSPS) is 11.7. The van der Waals surface area contributed by atoms with Crippen molar-refractivity contribution < 1.29 is 0 Å². The summed E-state index contributed by atoms with van der Waals surface area (Å²) in [5.41, 5.74) is 0. The summed E-state index contributed by atoms with van der Waals surface area (Å²) in [6.45, 7) is 6.27. The largest absolute Gasteiger partial charge is 0.356 e. The van der Waals surface area contributed by atoms with Crippen LogP contribution in [0.4, 0.5) is 0 Å². The second-order valence-electron chi connectivity index (χ2n) is 4.75. The van der Waals surface area contributed by atoms with Crippen LogP contribution in [0.2, 0.25) is 0 Å². The number of nitrogens with zero attached hydrogens (tertiary/aromatic N) is 4. The molecule has 2 rings (SSSR count). The lowest BCUT2D eigenvalue weighted by Crippen LogP contribution is -2.37. The summed E-state index contributed by atoms with van der Waals surface area (Å²) in [6, 6.07) is 4.17. The van der Waals surface area contributed by atoms with Crippen LogP contribution in [0.25, 0.3) is 0 Å². The lowest BCUT2D eigenvalue weighted by atomic mass is 10.4. The molecule has 0 fully saturated rings. The van der Waals surface area contributed by atoms with Gasteiger partial charge in [0.05, 0.1) is 6.54 Å². The van der Waals surface area contributed by atoms with Crippen molar-refractivity contribution in [3.8, 4) is 0 Å². The van der Waals surface area contributed by atoms with Crippen LogP contribution in [0.1, 0.15) is 29.9 Å². The van der Waals surface area contributed by atoms with E-state index in [-0.39, 0.29) is 0 Å². The molecule has 0 amide bonds. The van der Waals surface area contributed by atoms with E-state index in [9.17, 15) is 0 Å². The van der Waals surface area contributed by atoms with E-state index in [0.717, 1.165) is 37.1 Å². The Morgan fingerprint density at radius 3 is 2.86 bits per heavy atom. The van der Waals surface area contributed by atoms with Crippen LogP contribution in [-0.2, 0) is 20.1 Å². The van der Waals surface area contributed by atoms with Crippen molar-refractivity contribution in [2.75, 3.05) is 6.54 Å². The van der Waals surface area contributed by atoms with Crippen molar-refractivity contribution >= 4 is 17.3 Å². The molecule has 2 aromatic heterocycles. The first-order valence-electron chi connectivity index (χ1n) is 7.10. The zero-order valence-corrected chi connectivity index (χ0v) is 13.6. The zero-order valence-electron chi connectivity index (χ0n) is 12.8. The Hall–Kier alpha value is -1.89. The fourth-order valence-electron chi connectivity index (χ4n) is 1.74. The van der Waals surface area contributed by atoms with Gasteiger partial charge in [-0.05, 0) is 24.8 Å². The van der Waals surface area contributed by atoms with E-state index < -0.39 is 0 Å². The second-order valence-corrected chi connectivity index (χ2v) is 5.78. The van der Waals surface area contributed by atoms with Gasteiger partial charge in [0.25, 0.3) is 0 Å². The molecule has 0 aliphatic rings. The Balaban J connectivity index is 1.97. The summed E-state index contributed by atoms with van der Waals surface area (Å²) in [6.07, 6.45) is 1.06. The molecule has 2 heterocycles. The van der Waals surface area contributed by atoms with Gasteiger partial charge in [0.1, 0.15) is 12.4 Å². The van der Waals surface area contributed by atoms with Gasteiger partial charge in [0.2, 0.25) is 0 Å². The van der Waals surface area contributed by atoms with Gasteiger partial charge in [-0.2, -0.15) is 0 Å². The van der Waals surface area contributed by atoms with Crippen molar-refractivity contribution in [3.63, 3.8) is 0 Å². The molecule has 0 saturated carbocycles. The molecule has 6 nitrogen and oxygen atoms in total. The predicted octanol–water partition coefficient (Wildman–Crippen LogP) is 1.83. The highest BCUT2D eigenvalue weighted by Gasteiger charge is 2.05. The van der Waals surface area contributed by atoms with Crippen LogP contribution in [0, 0.1) is 6.92 Å². The topological polar surface area (TPSA) is 67.1 Å². The standard InChI is InChI=1S/C14H22N6S/c1-4-7-15-14(16-9-12-6-5-8-21-12)17-10-13-19-18-11(2)20(13)3/h5-6,8H,4,7,9-10H2,1-3H3,(H2,15,16,17). The van der Waals surface area contributed by atoms with Crippen LogP contribution in [0.15, 0.2) is 22.5 Å². The molecule has 2 N–H and O–H groups in total. The van der Waals surface area contributed by atoms with Crippen LogP contribution >= 0.6 is 11.3 Å². The molecular formula is C14H22N6S. The number of aliphatic imine (C=N–C) groups is 1. The monoisotopic (exact) mass is 306 g/mol. The first kappa shape index (κ1) is 15.5. The summed E-state index contributed by atoms with van der Waals surface area (Å²) >= 11 is 1.74. The molecule has 0 bridgehead atoms. The summed E-state index contributed by atoms with van der Waals surface area (Å²) in [5, 5.41) is 16.9. The van der Waals surface area contributed by atoms with E-state index in [1.54, 1.807) is 11.3 Å². The van der Waals surface area contributed by atoms with E-state index in [4.69, 9.17) is 0 Å². The lowest BCUT2D eigenvalue weighted by molar-refractivity contribution is 0.745. The molecule has 0 unspecified atom stereocenters. The van der Waals surface area contributed by atoms with Crippen molar-refractivity contribution in [2.45, 2.75) is 33.4 Å². The highest BCUT2D eigenvalue weighted by Crippen LogP contribution is 2.07. The third-order valence-electron chi connectivity index (χ3n) is 3.11. The Bertz CT molecular complexity index is 572. The smallest absolute Gasteiger partial charge is 0.192 e. The Morgan fingerprint density at radius 2 is 2.24 bits per heavy atom. The fraction of sp³-hybridized carbons (Fsp3) is 0.500. The molecule has 21 heavy (non-hydrogen) atoms. The minimum absolute atomic E-state index is 0.515. The van der Waals surface area contributed by atoms with Crippen LogP contribution < -0.4 is 10.6 Å². The molecule has 114 valence electrons. The van der Waals surface area contributed by atoms with Gasteiger partial charge >= 0.3 is 0 Å². The van der Waals surface area contributed by atoms with E-state index in [1.807, 2.05) is 18.5 Å². The minimum atomic E-state index is 0.515. The molecule has 0 aliphatic heterocycles. The van der Waals surface area contributed by atoms with Gasteiger partial charge in [0, 0.05) is 18.5 Å². The maximum absolute atomic E-state index is 4.58. The van der Waals surface area contributed by atoms with Crippen LogP contribution in [-0.4, -0.2) is 27.3 Å². The number of hydrogen-bond acceptors (Lipinski definition) is 4. The summed E-state index contributed by atoms with van der Waals surface area (Å²) in [5.74, 6) is 2.57. The molecule has 7 heteroatoms. The van der Waals surface area contributed by atoms with Crippen LogP contribution in [0.5, 0.6) is 0 Å². The van der Waals surface area contributed by atoms with Gasteiger partial charge < -0.3 is 15.2 Å². The van der Waals surface area contributed by atoms with Gasteiger partial charge in [-0.25, -0.2) is 4.99 Å². The third kappa shape index (κ3) is 4.56. The molecule has 0 aliphatic carbocycles. The van der Waals surface area contributed by atoms with Gasteiger partial charge in [-0.15, -0.1) is 21.5 Å². The number of aryl methyl sites for hydroxylation is 1. The van der Waals surface area contributed by atoms with E-state index in [0.29, 0.717) is 6.54 Å². The number of guanidine groups is 1. The summed E-state index contributed by atoms with van der Waals surface area (Å²) in [4.78, 5) is 5.87. The number of thiophene rings is 1. The molecular weight excluding hydrogens is 284 g/mol. The predicted molar refractivity (Wildman–Crippen MR) is 86.3 cm³/mol. The third-order valence-corrected chi connectivity index (χ3v) is 3.99. The first-order chi connectivity index (χ1) is 10.2. The molecule has 0 spiro atoms. The average molecular weight is 306 g/mol. The number of nitrogens with one attached hydrogen (secondary N) is 2. The van der Waals surface area contributed by atoms with E-state index in [1.165, 1.54) is 4.88 Å². The van der Waals surface area contributed by atoms with Gasteiger partial charge in [0.15, 0.2) is 11.8 Å². The second kappa shape index (κ2) is 7.78. The van der Waals surface area contributed by atoms with Crippen LogP contribution in [0.3, 0.4) is 0 Å². The van der Waals surface area contributed by atoms with Gasteiger partial charge in [-0.1, -0.05) is 13.0 Å². The highest BCUT2D eigenvalue weighted by molar-refractivity contribution is 7.09. The fourth-order valence-corrected chi connectivity index (χ4v) is 2.38. The molecule has 0 radical (unpaired) electrons. The number of rotatable bonds is 6. The maximum atomic E-state index is 4.58. The zero-order chi connectivity index (χ0) is 15.1. The highest BCUT2D eigenvalue weighted by atomic mass is 32.1. The Kier molecular flexibility index (Phi) is 5.74. The summed E-state index contributed by atoms with van der Waals surface area (Å²) in [7, 11) is 1.96. The minimum Gasteiger partial charge on any atom is -0.356 e. The molecule has 0 atom stereocenters. The van der Waals surface area contributed by atoms with Gasteiger partial charge in [-0.3, -0.25) is 0 Å². The molecule has 2 aromatic rings. The average Bonchev–Trinajstić information content (AvgIpc) is 3.11. The Labute approximate surface area is 129 Å². The van der Waals surface area contributed by atoms with Crippen molar-refractivity contribution in [1.82, 2.24) is 25.4 Å². The quantitative estimate of drug-likeness (QED) is 0.631. The van der Waals surface area contributed by atoms with E-state index >= 15 is 0 Å². The van der Waals surface area contributed by atoms with Crippen molar-refractivity contribution in [1.29, 1.82) is 0 Å². The molecule has 0 aromatic carbocycles. The summed E-state index contributed by atoms with van der Waals surface area (Å²) < 4.78 is 1.96. The molecule has 0 saturated heterocycles. The van der Waals surface area contributed by atoms with Crippen molar-refractivity contribution in [2.24, 2.45) is 12.0 Å². The van der Waals surface area contributed by atoms with E-state index in [2.05, 4.69) is 50.3 Å². The lowest BCUT2D eigenvalue weighted by Gasteiger charge is -2.11. The van der Waals surface area contributed by atoms with Crippen molar-refractivity contribution in [3.05, 3.63) is 34.0 Å². The SMILES string of the molecule is CCCNC(=NCc1nnc(C)n1C)NCc1cccs1.